The predicted molar refractivity (Wildman–Crippen MR) is 104 cm³/mol. The molecule has 0 fully saturated rings. The highest BCUT2D eigenvalue weighted by atomic mass is 35.6. The molecule has 0 saturated carbocycles. The van der Waals surface area contributed by atoms with E-state index in [0.717, 1.165) is 0 Å². The average molecular weight is 473 g/mol. The highest BCUT2D eigenvalue weighted by Crippen LogP contribution is 2.42. The van der Waals surface area contributed by atoms with Crippen LogP contribution in [0.4, 0.5) is 0 Å². The van der Waals surface area contributed by atoms with Gasteiger partial charge < -0.3 is 9.84 Å². The first kappa shape index (κ1) is 22.1. The Balaban J connectivity index is 2.35. The van der Waals surface area contributed by atoms with Crippen LogP contribution < -0.4 is 9.46 Å². The van der Waals surface area contributed by atoms with Crippen molar-refractivity contribution in [2.75, 3.05) is 6.61 Å². The Labute approximate surface area is 176 Å². The molecule has 0 saturated heterocycles. The molecule has 0 unspecified atom stereocenters. The minimum absolute atomic E-state index is 0.00300. The van der Waals surface area contributed by atoms with Gasteiger partial charge in [0, 0.05) is 0 Å². The van der Waals surface area contributed by atoms with Gasteiger partial charge in [-0.25, -0.2) is 13.2 Å². The fourth-order valence-corrected chi connectivity index (χ4v) is 4.35. The molecule has 6 nitrogen and oxygen atoms in total. The Morgan fingerprint density at radius 2 is 1.78 bits per heavy atom. The lowest BCUT2D eigenvalue weighted by molar-refractivity contribution is -0.139. The van der Waals surface area contributed by atoms with Gasteiger partial charge in [-0.1, -0.05) is 70.7 Å². The number of halogens is 4. The highest BCUT2D eigenvalue weighted by Gasteiger charge is 2.37. The van der Waals surface area contributed by atoms with Crippen molar-refractivity contribution in [1.82, 2.24) is 4.72 Å². The maximum absolute atomic E-state index is 12.6. The monoisotopic (exact) mass is 471 g/mol. The van der Waals surface area contributed by atoms with Gasteiger partial charge in [0.15, 0.2) is 6.61 Å². The van der Waals surface area contributed by atoms with Crippen LogP contribution in [0.5, 0.6) is 5.75 Å². The molecule has 0 aliphatic rings. The van der Waals surface area contributed by atoms with Crippen LogP contribution in [0.2, 0.25) is 5.02 Å². The number of carbonyl (C=O) groups is 1. The van der Waals surface area contributed by atoms with E-state index in [1.165, 1.54) is 30.3 Å². The zero-order valence-corrected chi connectivity index (χ0v) is 17.2. The fourth-order valence-electron chi connectivity index (χ4n) is 2.10. The van der Waals surface area contributed by atoms with Gasteiger partial charge in [0.2, 0.25) is 13.8 Å². The van der Waals surface area contributed by atoms with Crippen LogP contribution in [0.3, 0.4) is 0 Å². The number of benzene rings is 2. The molecule has 0 radical (unpaired) electrons. The summed E-state index contributed by atoms with van der Waals surface area (Å²) in [5, 5.41) is 8.69. The summed E-state index contributed by atoms with van der Waals surface area (Å²) in [5.41, 5.74) is 0.252. The molecule has 0 bridgehead atoms. The summed E-state index contributed by atoms with van der Waals surface area (Å²) in [4.78, 5) is 10.6. The third-order valence-electron chi connectivity index (χ3n) is 3.29. The molecular weight excluding hydrogens is 460 g/mol. The van der Waals surface area contributed by atoms with Gasteiger partial charge in [0.05, 0.1) is 16.0 Å². The first-order chi connectivity index (χ1) is 12.5. The van der Waals surface area contributed by atoms with E-state index in [-0.39, 0.29) is 21.2 Å². The summed E-state index contributed by atoms with van der Waals surface area (Å²) in [6.07, 6.45) is 0. The molecule has 0 aromatic heterocycles. The van der Waals surface area contributed by atoms with Crippen molar-refractivity contribution in [2.45, 2.75) is 14.7 Å². The van der Waals surface area contributed by atoms with Crippen molar-refractivity contribution < 1.29 is 23.1 Å². The van der Waals surface area contributed by atoms with Crippen molar-refractivity contribution in [3.8, 4) is 5.75 Å². The Kier molecular flexibility index (Phi) is 7.24. The predicted octanol–water partition coefficient (Wildman–Crippen LogP) is 4.19. The number of alkyl halides is 3. The number of hydrogen-bond donors (Lipinski definition) is 2. The van der Waals surface area contributed by atoms with Crippen LogP contribution in [0.15, 0.2) is 53.4 Å². The number of rotatable bonds is 7. The van der Waals surface area contributed by atoms with Gasteiger partial charge in [0.25, 0.3) is 0 Å². The fraction of sp³-hybridized carbons (Fsp3) is 0.188. The second-order valence-electron chi connectivity index (χ2n) is 5.28. The van der Waals surface area contributed by atoms with Crippen molar-refractivity contribution in [1.29, 1.82) is 0 Å². The molecule has 2 rings (SSSR count). The first-order valence-electron chi connectivity index (χ1n) is 7.29. The van der Waals surface area contributed by atoms with Gasteiger partial charge in [-0.2, -0.15) is 4.72 Å². The maximum Gasteiger partial charge on any atom is 0.341 e. The largest absolute Gasteiger partial charge is 0.480 e. The average Bonchev–Trinajstić information content (AvgIpc) is 2.58. The smallest absolute Gasteiger partial charge is 0.341 e. The molecule has 0 heterocycles. The second kappa shape index (κ2) is 8.86. The molecule has 27 heavy (non-hydrogen) atoms. The molecular formula is C16H13Cl4NO5S. The minimum atomic E-state index is -3.99. The summed E-state index contributed by atoms with van der Waals surface area (Å²) >= 11 is 24.0. The van der Waals surface area contributed by atoms with Crippen LogP contribution in [-0.2, 0) is 14.8 Å². The number of hydrogen-bond acceptors (Lipinski definition) is 4. The molecule has 146 valence electrons. The lowest BCUT2D eigenvalue weighted by Crippen LogP contribution is -2.36. The topological polar surface area (TPSA) is 92.7 Å². The molecule has 1 atom stereocenters. The maximum atomic E-state index is 12.6. The second-order valence-corrected chi connectivity index (χ2v) is 9.77. The zero-order valence-electron chi connectivity index (χ0n) is 13.4. The van der Waals surface area contributed by atoms with Gasteiger partial charge in [-0.05, 0) is 29.8 Å². The normalized spacial score (nSPS) is 13.2. The van der Waals surface area contributed by atoms with E-state index >= 15 is 0 Å². The third-order valence-corrected chi connectivity index (χ3v) is 5.68. The molecule has 0 aliphatic heterocycles. The molecule has 0 aliphatic carbocycles. The molecule has 0 spiro atoms. The van der Waals surface area contributed by atoms with Gasteiger partial charge in [-0.15, -0.1) is 0 Å². The number of carboxylic acids is 1. The lowest BCUT2D eigenvalue weighted by atomic mass is 10.1. The van der Waals surface area contributed by atoms with Crippen molar-refractivity contribution >= 4 is 62.4 Å². The first-order valence-corrected chi connectivity index (χ1v) is 10.3. The van der Waals surface area contributed by atoms with Crippen LogP contribution in [0.1, 0.15) is 11.6 Å². The molecule has 2 aromatic carbocycles. The van der Waals surface area contributed by atoms with Crippen LogP contribution in [0, 0.1) is 0 Å². The number of ether oxygens (including phenoxy) is 1. The van der Waals surface area contributed by atoms with Crippen molar-refractivity contribution in [3.05, 3.63) is 59.1 Å². The van der Waals surface area contributed by atoms with Gasteiger partial charge in [0.1, 0.15) is 5.75 Å². The Bertz CT molecular complexity index is 916. The van der Waals surface area contributed by atoms with Crippen LogP contribution in [0.25, 0.3) is 0 Å². The summed E-state index contributed by atoms with van der Waals surface area (Å²) in [5.74, 6) is -1.08. The van der Waals surface area contributed by atoms with E-state index in [0.29, 0.717) is 0 Å². The summed E-state index contributed by atoms with van der Waals surface area (Å²) in [6, 6.07) is 10.4. The number of aliphatic carboxylic acids is 1. The van der Waals surface area contributed by atoms with E-state index in [1.807, 2.05) is 0 Å². The Morgan fingerprint density at radius 3 is 2.30 bits per heavy atom. The lowest BCUT2D eigenvalue weighted by Gasteiger charge is -2.26. The van der Waals surface area contributed by atoms with Gasteiger partial charge >= 0.3 is 5.97 Å². The molecule has 11 heteroatoms. The molecule has 2 aromatic rings. The molecule has 0 amide bonds. The van der Waals surface area contributed by atoms with E-state index in [2.05, 4.69) is 4.72 Å². The van der Waals surface area contributed by atoms with Crippen LogP contribution in [-0.4, -0.2) is 29.9 Å². The Hall–Kier alpha value is -1.22. The van der Waals surface area contributed by atoms with Crippen LogP contribution >= 0.6 is 46.4 Å². The summed E-state index contributed by atoms with van der Waals surface area (Å²) < 4.78 is 30.5. The van der Waals surface area contributed by atoms with Crippen molar-refractivity contribution in [3.63, 3.8) is 0 Å². The standard InChI is InChI=1S/C16H13Cl4NO5S/c17-12-8-10(6-7-13(12)26-9-14(22)23)15(16(18,19)20)21-27(24,25)11-4-2-1-3-5-11/h1-8,15,21H,9H2,(H,22,23)/t15-/m0/s1. The van der Waals surface area contributed by atoms with E-state index in [4.69, 9.17) is 56.2 Å². The van der Waals surface area contributed by atoms with E-state index < -0.39 is 32.4 Å². The number of sulfonamides is 1. The van der Waals surface area contributed by atoms with E-state index in [9.17, 15) is 13.2 Å². The number of nitrogens with one attached hydrogen (secondary N) is 1. The minimum Gasteiger partial charge on any atom is -0.480 e. The Morgan fingerprint density at radius 1 is 1.15 bits per heavy atom. The third kappa shape index (κ3) is 6.14. The van der Waals surface area contributed by atoms with Gasteiger partial charge in [-0.3, -0.25) is 0 Å². The summed E-state index contributed by atoms with van der Waals surface area (Å²) in [6.45, 7) is -0.590. The molecule has 2 N–H and O–H groups in total. The van der Waals surface area contributed by atoms with Crippen molar-refractivity contribution in [2.24, 2.45) is 0 Å². The number of carboxylic acid groups (broad SMARTS) is 1. The zero-order chi connectivity index (χ0) is 20.2. The van der Waals surface area contributed by atoms with E-state index in [1.54, 1.807) is 18.2 Å². The quantitative estimate of drug-likeness (QED) is 0.589. The SMILES string of the molecule is O=C(O)COc1ccc([C@H](NS(=O)(=O)c2ccccc2)C(Cl)(Cl)Cl)cc1Cl. The summed E-state index contributed by atoms with van der Waals surface area (Å²) in [7, 11) is -3.99. The highest BCUT2D eigenvalue weighted by molar-refractivity contribution is 7.89.